The lowest BCUT2D eigenvalue weighted by Crippen LogP contribution is -2.18. The highest BCUT2D eigenvalue weighted by Gasteiger charge is 2.72. The molecular weight excluding hydrogens is 364 g/mol. The van der Waals surface area contributed by atoms with E-state index in [2.05, 4.69) is 20.8 Å². The van der Waals surface area contributed by atoms with E-state index in [9.17, 15) is 18.4 Å². The van der Waals surface area contributed by atoms with Crippen molar-refractivity contribution in [3.05, 3.63) is 23.5 Å². The third-order valence-electron chi connectivity index (χ3n) is 4.15. The number of hydrogen-bond acceptors (Lipinski definition) is 6. The first kappa shape index (κ1) is 18.2. The zero-order valence-electron chi connectivity index (χ0n) is 14.1. The Bertz CT molecular complexity index is 982. The van der Waals surface area contributed by atoms with Gasteiger partial charge in [0, 0.05) is 0 Å². The largest absolute Gasteiger partial charge is 0.465 e. The molecule has 3 N–H and O–H groups in total. The van der Waals surface area contributed by atoms with E-state index in [0.29, 0.717) is 5.69 Å². The summed E-state index contributed by atoms with van der Waals surface area (Å²) in [6.45, 7) is 3.07. The van der Waals surface area contributed by atoms with Gasteiger partial charge in [0.25, 0.3) is 5.92 Å². The third-order valence-corrected chi connectivity index (χ3v) is 4.15. The number of nitrogens with one attached hydrogen (secondary N) is 2. The van der Waals surface area contributed by atoms with Crippen molar-refractivity contribution in [2.45, 2.75) is 19.8 Å². The molecule has 1 aliphatic rings. The molecule has 2 atom stereocenters. The molecule has 0 aliphatic heterocycles. The first-order valence-electron chi connectivity index (χ1n) is 7.69. The van der Waals surface area contributed by atoms with Crippen molar-refractivity contribution in [3.63, 3.8) is 0 Å². The maximum atomic E-state index is 13.4. The molecule has 2 heterocycles. The normalized spacial score (nSPS) is 19.8. The maximum Gasteiger partial charge on any atom is 0.409 e. The summed E-state index contributed by atoms with van der Waals surface area (Å²) in [6, 6.07) is 4.25. The van der Waals surface area contributed by atoms with Gasteiger partial charge in [-0.05, 0) is 26.0 Å². The predicted octanol–water partition coefficient (Wildman–Crippen LogP) is 2.79. The quantitative estimate of drug-likeness (QED) is 0.744. The molecule has 27 heavy (non-hydrogen) atoms. The Morgan fingerprint density at radius 1 is 1.30 bits per heavy atom. The Kier molecular flexibility index (Phi) is 4.27. The van der Waals surface area contributed by atoms with Crippen molar-refractivity contribution >= 4 is 23.4 Å². The summed E-state index contributed by atoms with van der Waals surface area (Å²) in [5, 5.41) is 25.7. The standard InChI is InChI=1S/C16H13F2N5O4/c1-6-9(21-14(24)11-8(5-19)16(11,17)18)3-4-10(20-6)13-12(22-15(25)26)7(2)23-27-13/h3-4,8,11,22H,1-2H3,(H,21,24)(H,25,26). The fraction of sp³-hybridized carbons (Fsp3) is 0.312. The lowest BCUT2D eigenvalue weighted by atomic mass is 10.2. The van der Waals surface area contributed by atoms with E-state index in [1.165, 1.54) is 25.1 Å². The zero-order chi connectivity index (χ0) is 19.9. The molecule has 2 amide bonds. The van der Waals surface area contributed by atoms with E-state index in [4.69, 9.17) is 14.9 Å². The van der Waals surface area contributed by atoms with Crippen LogP contribution in [0.25, 0.3) is 11.5 Å². The average molecular weight is 377 g/mol. The average Bonchev–Trinajstić information content (AvgIpc) is 2.98. The lowest BCUT2D eigenvalue weighted by molar-refractivity contribution is -0.119. The molecule has 1 fully saturated rings. The number of rotatable bonds is 4. The van der Waals surface area contributed by atoms with Crippen LogP contribution in [-0.2, 0) is 4.79 Å². The number of pyridine rings is 1. The number of hydrogen-bond donors (Lipinski definition) is 3. The van der Waals surface area contributed by atoms with Gasteiger partial charge in [0.1, 0.15) is 28.9 Å². The molecule has 9 nitrogen and oxygen atoms in total. The van der Waals surface area contributed by atoms with Gasteiger partial charge in [-0.25, -0.2) is 18.6 Å². The van der Waals surface area contributed by atoms with Crippen LogP contribution >= 0.6 is 0 Å². The number of nitrogens with zero attached hydrogens (tertiary/aromatic N) is 3. The van der Waals surface area contributed by atoms with E-state index in [1.54, 1.807) is 6.92 Å². The van der Waals surface area contributed by atoms with Gasteiger partial charge in [-0.15, -0.1) is 0 Å². The van der Waals surface area contributed by atoms with Crippen LogP contribution in [0.3, 0.4) is 0 Å². The van der Waals surface area contributed by atoms with Gasteiger partial charge < -0.3 is 14.9 Å². The van der Waals surface area contributed by atoms with Gasteiger partial charge in [0.15, 0.2) is 0 Å². The smallest absolute Gasteiger partial charge is 0.409 e. The molecule has 140 valence electrons. The minimum atomic E-state index is -3.34. The molecular formula is C16H13F2N5O4. The van der Waals surface area contributed by atoms with Crippen molar-refractivity contribution in [1.29, 1.82) is 5.26 Å². The second-order valence-electron chi connectivity index (χ2n) is 5.98. The van der Waals surface area contributed by atoms with E-state index in [-0.39, 0.29) is 28.5 Å². The summed E-state index contributed by atoms with van der Waals surface area (Å²) in [6.07, 6.45) is -1.31. The number of aromatic nitrogens is 2. The maximum absolute atomic E-state index is 13.4. The number of halogens is 2. The van der Waals surface area contributed by atoms with Crippen LogP contribution in [0, 0.1) is 37.0 Å². The van der Waals surface area contributed by atoms with Crippen LogP contribution in [0.1, 0.15) is 11.4 Å². The molecule has 11 heteroatoms. The van der Waals surface area contributed by atoms with Crippen molar-refractivity contribution in [2.75, 3.05) is 10.6 Å². The minimum Gasteiger partial charge on any atom is -0.465 e. The highest BCUT2D eigenvalue weighted by molar-refractivity contribution is 5.97. The van der Waals surface area contributed by atoms with E-state index < -0.39 is 29.8 Å². The van der Waals surface area contributed by atoms with Crippen molar-refractivity contribution in [1.82, 2.24) is 10.1 Å². The van der Waals surface area contributed by atoms with E-state index in [1.807, 2.05) is 0 Å². The van der Waals surface area contributed by atoms with Gasteiger partial charge in [-0.1, -0.05) is 5.16 Å². The van der Waals surface area contributed by atoms with E-state index >= 15 is 0 Å². The summed E-state index contributed by atoms with van der Waals surface area (Å²) in [4.78, 5) is 27.1. The number of carboxylic acid groups (broad SMARTS) is 1. The Hall–Kier alpha value is -3.55. The van der Waals surface area contributed by atoms with Gasteiger partial charge in [0.2, 0.25) is 11.7 Å². The molecule has 0 radical (unpaired) electrons. The van der Waals surface area contributed by atoms with Crippen molar-refractivity contribution in [2.24, 2.45) is 11.8 Å². The molecule has 1 aliphatic carbocycles. The third kappa shape index (κ3) is 3.17. The fourth-order valence-corrected chi connectivity index (χ4v) is 2.64. The zero-order valence-corrected chi connectivity index (χ0v) is 14.1. The highest BCUT2D eigenvalue weighted by Crippen LogP contribution is 2.55. The Morgan fingerprint density at radius 3 is 2.56 bits per heavy atom. The summed E-state index contributed by atoms with van der Waals surface area (Å²) >= 11 is 0. The number of amides is 2. The van der Waals surface area contributed by atoms with Crippen LogP contribution in [0.5, 0.6) is 0 Å². The van der Waals surface area contributed by atoms with Crippen LogP contribution in [0.15, 0.2) is 16.7 Å². The number of anilines is 2. The molecule has 0 bridgehead atoms. The highest BCUT2D eigenvalue weighted by atomic mass is 19.3. The van der Waals surface area contributed by atoms with E-state index in [0.717, 1.165) is 0 Å². The molecule has 2 aromatic rings. The molecule has 0 saturated heterocycles. The molecule has 2 unspecified atom stereocenters. The number of carbonyl (C=O) groups is 2. The fourth-order valence-electron chi connectivity index (χ4n) is 2.64. The summed E-state index contributed by atoms with van der Waals surface area (Å²) in [5.74, 6) is -7.55. The molecule has 0 aromatic carbocycles. The topological polar surface area (TPSA) is 141 Å². The Labute approximate surface area is 151 Å². The van der Waals surface area contributed by atoms with Crippen molar-refractivity contribution < 1.29 is 28.0 Å². The molecule has 0 spiro atoms. The minimum absolute atomic E-state index is 0.0779. The summed E-state index contributed by atoms with van der Waals surface area (Å²) < 4.78 is 31.9. The second-order valence-corrected chi connectivity index (χ2v) is 5.98. The number of alkyl halides is 2. The van der Waals surface area contributed by atoms with Gasteiger partial charge in [-0.2, -0.15) is 5.26 Å². The van der Waals surface area contributed by atoms with Crippen molar-refractivity contribution in [3.8, 4) is 17.5 Å². The monoisotopic (exact) mass is 377 g/mol. The predicted molar refractivity (Wildman–Crippen MR) is 87.0 cm³/mol. The number of nitriles is 1. The van der Waals surface area contributed by atoms with Gasteiger partial charge in [-0.3, -0.25) is 10.1 Å². The second kappa shape index (κ2) is 6.31. The summed E-state index contributed by atoms with van der Waals surface area (Å²) in [5.41, 5.74) is 1.14. The molecule has 2 aromatic heterocycles. The molecule has 3 rings (SSSR count). The molecule has 1 saturated carbocycles. The Morgan fingerprint density at radius 2 is 2.00 bits per heavy atom. The SMILES string of the molecule is Cc1nc(-c2onc(C)c2NC(=O)O)ccc1NC(=O)C1C(C#N)C1(F)F. The van der Waals surface area contributed by atoms with Crippen LogP contribution in [0.2, 0.25) is 0 Å². The summed E-state index contributed by atoms with van der Waals surface area (Å²) in [7, 11) is 0. The lowest BCUT2D eigenvalue weighted by Gasteiger charge is -2.09. The van der Waals surface area contributed by atoms with Crippen LogP contribution in [-0.4, -0.2) is 33.2 Å². The first-order chi connectivity index (χ1) is 12.7. The Balaban J connectivity index is 1.83. The van der Waals surface area contributed by atoms with Gasteiger partial charge >= 0.3 is 6.09 Å². The van der Waals surface area contributed by atoms with Gasteiger partial charge in [0.05, 0.1) is 17.5 Å². The first-order valence-corrected chi connectivity index (χ1v) is 7.69. The van der Waals surface area contributed by atoms with Crippen LogP contribution in [0.4, 0.5) is 25.0 Å². The number of aryl methyl sites for hydroxylation is 2. The number of carbonyl (C=O) groups excluding carboxylic acids is 1. The van der Waals surface area contributed by atoms with Crippen LogP contribution < -0.4 is 10.6 Å².